The molecule has 0 fully saturated rings. The van der Waals surface area contributed by atoms with E-state index in [-0.39, 0.29) is 11.1 Å². The lowest BCUT2D eigenvalue weighted by atomic mass is 10.1. The van der Waals surface area contributed by atoms with Gasteiger partial charge in [-0.15, -0.1) is 0 Å². The standard InChI is InChI=1S/C8H5Cl2NO3S/c9-7(12)5-3-1-2-4-6(5)8(13)11-15(10)14/h1-4H,(H,11,13). The second kappa shape index (κ2) is 5.37. The number of amides is 1. The minimum Gasteiger partial charge on any atom is -0.575 e. The Morgan fingerprint density at radius 2 is 1.80 bits per heavy atom. The third kappa shape index (κ3) is 3.39. The molecule has 7 heteroatoms. The monoisotopic (exact) mass is 265 g/mol. The van der Waals surface area contributed by atoms with Crippen LogP contribution in [0.2, 0.25) is 0 Å². The van der Waals surface area contributed by atoms with Crippen molar-refractivity contribution in [2.24, 2.45) is 0 Å². The molecule has 0 radical (unpaired) electrons. The molecule has 1 amide bonds. The molecule has 0 aliphatic carbocycles. The van der Waals surface area contributed by atoms with E-state index in [0.29, 0.717) is 0 Å². The highest BCUT2D eigenvalue weighted by atomic mass is 35.7. The molecular formula is C8H5Cl2NO3S. The molecule has 1 N–H and O–H groups in total. The van der Waals surface area contributed by atoms with Gasteiger partial charge in [0.05, 0.1) is 5.56 Å². The molecule has 0 aliphatic heterocycles. The Hall–Kier alpha value is -0.750. The van der Waals surface area contributed by atoms with Crippen LogP contribution in [0.15, 0.2) is 24.3 Å². The van der Waals surface area contributed by atoms with E-state index in [4.69, 9.17) is 22.3 Å². The Labute approximate surface area is 98.4 Å². The highest BCUT2D eigenvalue weighted by Crippen LogP contribution is 2.12. The zero-order chi connectivity index (χ0) is 11.4. The minimum absolute atomic E-state index is 0.0338. The molecule has 1 atom stereocenters. The molecule has 0 saturated carbocycles. The number of nitrogens with one attached hydrogen (secondary N) is 1. The van der Waals surface area contributed by atoms with E-state index in [2.05, 4.69) is 0 Å². The van der Waals surface area contributed by atoms with Gasteiger partial charge < -0.3 is 4.55 Å². The van der Waals surface area contributed by atoms with Gasteiger partial charge in [-0.25, -0.2) is 0 Å². The van der Waals surface area contributed by atoms with Gasteiger partial charge in [0, 0.05) is 5.56 Å². The van der Waals surface area contributed by atoms with Crippen LogP contribution in [-0.2, 0) is 10.6 Å². The molecule has 0 bridgehead atoms. The van der Waals surface area contributed by atoms with Crippen molar-refractivity contribution in [3.05, 3.63) is 35.4 Å². The van der Waals surface area contributed by atoms with Crippen molar-refractivity contribution >= 4 is 44.0 Å². The van der Waals surface area contributed by atoms with Crippen molar-refractivity contribution in [2.45, 2.75) is 0 Å². The summed E-state index contributed by atoms with van der Waals surface area (Å²) in [6.07, 6.45) is 0. The van der Waals surface area contributed by atoms with Gasteiger partial charge in [0.15, 0.2) is 10.6 Å². The lowest BCUT2D eigenvalue weighted by Crippen LogP contribution is -2.27. The van der Waals surface area contributed by atoms with Crippen molar-refractivity contribution in [1.29, 1.82) is 0 Å². The molecule has 1 aromatic rings. The minimum atomic E-state index is -2.00. The molecule has 0 heterocycles. The van der Waals surface area contributed by atoms with Crippen LogP contribution in [0.3, 0.4) is 0 Å². The molecule has 1 unspecified atom stereocenters. The summed E-state index contributed by atoms with van der Waals surface area (Å²) >= 11 is 5.26. The van der Waals surface area contributed by atoms with E-state index in [0.717, 1.165) is 0 Å². The van der Waals surface area contributed by atoms with Gasteiger partial charge in [0.1, 0.15) is 0 Å². The highest BCUT2D eigenvalue weighted by molar-refractivity contribution is 8.12. The number of hydrogen-bond donors (Lipinski definition) is 1. The van der Waals surface area contributed by atoms with Gasteiger partial charge in [0.25, 0.3) is 11.1 Å². The van der Waals surface area contributed by atoms with Crippen LogP contribution in [0.1, 0.15) is 20.7 Å². The molecule has 0 aliphatic rings. The lowest BCUT2D eigenvalue weighted by Gasteiger charge is -2.04. The lowest BCUT2D eigenvalue weighted by molar-refractivity contribution is 0.0972. The molecule has 1 aromatic carbocycles. The van der Waals surface area contributed by atoms with Crippen LogP contribution in [0.5, 0.6) is 0 Å². The van der Waals surface area contributed by atoms with Crippen LogP contribution in [0.25, 0.3) is 0 Å². The average Bonchev–Trinajstić information content (AvgIpc) is 2.16. The van der Waals surface area contributed by atoms with E-state index in [1.54, 1.807) is 12.1 Å². The summed E-state index contributed by atoms with van der Waals surface area (Å²) in [5, 5.41) is -0.763. The SMILES string of the molecule is O=C(Cl)c1ccccc1C(=O)N[S+]([O-])Cl. The van der Waals surface area contributed by atoms with Gasteiger partial charge in [0.2, 0.25) is 10.7 Å². The van der Waals surface area contributed by atoms with Gasteiger partial charge in [-0.2, -0.15) is 4.72 Å². The summed E-state index contributed by atoms with van der Waals surface area (Å²) in [7, 11) is 3.08. The second-order valence-electron chi connectivity index (χ2n) is 2.47. The van der Waals surface area contributed by atoms with Crippen LogP contribution in [0.4, 0.5) is 0 Å². The number of halogens is 2. The maximum absolute atomic E-state index is 11.4. The van der Waals surface area contributed by atoms with Crippen molar-refractivity contribution in [2.75, 3.05) is 0 Å². The number of carbonyl (C=O) groups is 2. The predicted molar refractivity (Wildman–Crippen MR) is 58.1 cm³/mol. The highest BCUT2D eigenvalue weighted by Gasteiger charge is 2.18. The van der Waals surface area contributed by atoms with Crippen LogP contribution in [-0.4, -0.2) is 15.7 Å². The van der Waals surface area contributed by atoms with E-state index in [1.807, 2.05) is 4.72 Å². The van der Waals surface area contributed by atoms with Crippen LogP contribution < -0.4 is 4.72 Å². The molecule has 0 aromatic heterocycles. The maximum Gasteiger partial charge on any atom is 0.294 e. The fourth-order valence-electron chi connectivity index (χ4n) is 0.980. The van der Waals surface area contributed by atoms with Crippen molar-refractivity contribution in [3.8, 4) is 0 Å². The first kappa shape index (κ1) is 12.3. The molecule has 0 saturated heterocycles. The van der Waals surface area contributed by atoms with Gasteiger partial charge in [-0.1, -0.05) is 12.1 Å². The first-order chi connectivity index (χ1) is 7.02. The van der Waals surface area contributed by atoms with Gasteiger partial charge in [-0.3, -0.25) is 9.59 Å². The molecule has 15 heavy (non-hydrogen) atoms. The summed E-state index contributed by atoms with van der Waals surface area (Å²) in [5.74, 6) is -0.715. The quantitative estimate of drug-likeness (QED) is 0.667. The first-order valence-electron chi connectivity index (χ1n) is 3.70. The summed E-state index contributed by atoms with van der Waals surface area (Å²) in [6.45, 7) is 0. The summed E-state index contributed by atoms with van der Waals surface area (Å²) in [6, 6.07) is 5.88. The van der Waals surface area contributed by atoms with Gasteiger partial charge >= 0.3 is 0 Å². The smallest absolute Gasteiger partial charge is 0.294 e. The Morgan fingerprint density at radius 3 is 2.27 bits per heavy atom. The van der Waals surface area contributed by atoms with Crippen molar-refractivity contribution in [1.82, 2.24) is 4.72 Å². The van der Waals surface area contributed by atoms with Crippen LogP contribution in [0, 0.1) is 0 Å². The summed E-state index contributed by atoms with van der Waals surface area (Å²) in [5.41, 5.74) is 0.0743. The number of carbonyl (C=O) groups excluding carboxylic acids is 2. The zero-order valence-electron chi connectivity index (χ0n) is 7.20. The normalized spacial score (nSPS) is 11.9. The van der Waals surface area contributed by atoms with E-state index in [9.17, 15) is 14.1 Å². The fourth-order valence-corrected chi connectivity index (χ4v) is 1.61. The average molecular weight is 266 g/mol. The third-order valence-electron chi connectivity index (χ3n) is 1.56. The van der Waals surface area contributed by atoms with Crippen LogP contribution >= 0.6 is 22.3 Å². The zero-order valence-corrected chi connectivity index (χ0v) is 9.53. The number of hydrogen-bond acceptors (Lipinski definition) is 3. The predicted octanol–water partition coefficient (Wildman–Crippen LogP) is 1.61. The van der Waals surface area contributed by atoms with Crippen molar-refractivity contribution < 1.29 is 14.1 Å². The van der Waals surface area contributed by atoms with Crippen molar-refractivity contribution in [3.63, 3.8) is 0 Å². The van der Waals surface area contributed by atoms with E-state index < -0.39 is 21.7 Å². The Balaban J connectivity index is 3.03. The second-order valence-corrected chi connectivity index (χ2v) is 4.31. The molecule has 80 valence electrons. The first-order valence-corrected chi connectivity index (χ1v) is 6.05. The largest absolute Gasteiger partial charge is 0.575 e. The van der Waals surface area contributed by atoms with E-state index in [1.165, 1.54) is 12.1 Å². The van der Waals surface area contributed by atoms with E-state index >= 15 is 0 Å². The molecule has 0 spiro atoms. The third-order valence-corrected chi connectivity index (χ3v) is 2.34. The van der Waals surface area contributed by atoms with Gasteiger partial charge in [-0.05, 0) is 23.7 Å². The topological polar surface area (TPSA) is 69.2 Å². The summed E-state index contributed by atoms with van der Waals surface area (Å²) in [4.78, 5) is 22.3. The Morgan fingerprint density at radius 1 is 1.27 bits per heavy atom. The number of rotatable bonds is 3. The fraction of sp³-hybridized carbons (Fsp3) is 0. The maximum atomic E-state index is 11.4. The summed E-state index contributed by atoms with van der Waals surface area (Å²) < 4.78 is 12.5. The molecular weight excluding hydrogens is 261 g/mol. The Bertz CT molecular complexity index is 397. The molecule has 1 rings (SSSR count). The Kier molecular flexibility index (Phi) is 4.41. The number of benzene rings is 1. The molecule has 4 nitrogen and oxygen atoms in total.